The van der Waals surface area contributed by atoms with Gasteiger partial charge in [0.05, 0.1) is 25.1 Å². The van der Waals surface area contributed by atoms with Crippen molar-refractivity contribution in [3.63, 3.8) is 0 Å². The number of nitrogens with two attached hydrogens (primary N) is 1. The van der Waals surface area contributed by atoms with E-state index >= 15 is 0 Å². The van der Waals surface area contributed by atoms with E-state index in [-0.39, 0.29) is 17.5 Å². The number of fused-ring (bicyclic) bond motifs is 2. The van der Waals surface area contributed by atoms with Gasteiger partial charge in [0, 0.05) is 43.5 Å². The molecule has 0 saturated carbocycles. The Bertz CT molecular complexity index is 1090. The number of carbonyl (C=O) groups is 1. The molecule has 0 spiro atoms. The first-order valence-corrected chi connectivity index (χ1v) is 9.43. The van der Waals surface area contributed by atoms with Gasteiger partial charge in [0.1, 0.15) is 23.1 Å². The standard InChI is InChI=1S/C19H21N7O3/c1-25-5-3-13-11(7-25)8-26-18(22-13)16(17(20)24-26)19(27)23-14-6-21-4-2-15(14)29-12-9-28-10-12/h2,4,6,8,12H,3,5,7,9-10H2,1H3,(H2,20,24)(H,23,27). The molecule has 10 nitrogen and oxygen atoms in total. The third-order valence-corrected chi connectivity index (χ3v) is 5.13. The molecule has 3 aromatic rings. The molecule has 0 bridgehead atoms. The summed E-state index contributed by atoms with van der Waals surface area (Å²) in [4.78, 5) is 24.0. The van der Waals surface area contributed by atoms with Crippen LogP contribution in [0.25, 0.3) is 5.65 Å². The van der Waals surface area contributed by atoms with Gasteiger partial charge in [-0.05, 0) is 7.05 Å². The highest BCUT2D eigenvalue weighted by atomic mass is 16.6. The third kappa shape index (κ3) is 3.26. The number of rotatable bonds is 4. The number of aromatic nitrogens is 4. The van der Waals surface area contributed by atoms with E-state index in [1.807, 2.05) is 6.20 Å². The van der Waals surface area contributed by atoms with E-state index in [4.69, 9.17) is 20.2 Å². The first kappa shape index (κ1) is 17.8. The van der Waals surface area contributed by atoms with Crippen molar-refractivity contribution in [1.29, 1.82) is 0 Å². The van der Waals surface area contributed by atoms with E-state index in [1.165, 1.54) is 0 Å². The highest BCUT2D eigenvalue weighted by Gasteiger charge is 2.25. The van der Waals surface area contributed by atoms with Gasteiger partial charge in [-0.1, -0.05) is 0 Å². The van der Waals surface area contributed by atoms with Crippen LogP contribution in [0, 0.1) is 0 Å². The molecule has 1 amide bonds. The zero-order valence-corrected chi connectivity index (χ0v) is 16.0. The van der Waals surface area contributed by atoms with Crippen molar-refractivity contribution in [2.24, 2.45) is 0 Å². The van der Waals surface area contributed by atoms with Crippen LogP contribution in [-0.2, 0) is 17.7 Å². The second-order valence-corrected chi connectivity index (χ2v) is 7.33. The van der Waals surface area contributed by atoms with E-state index in [0.717, 1.165) is 30.8 Å². The minimum Gasteiger partial charge on any atom is -0.483 e. The van der Waals surface area contributed by atoms with Gasteiger partial charge in [-0.2, -0.15) is 0 Å². The van der Waals surface area contributed by atoms with Crippen LogP contribution >= 0.6 is 0 Å². The van der Waals surface area contributed by atoms with Gasteiger partial charge in [-0.15, -0.1) is 5.10 Å². The van der Waals surface area contributed by atoms with Crippen LogP contribution in [0.2, 0.25) is 0 Å². The van der Waals surface area contributed by atoms with E-state index in [9.17, 15) is 4.79 Å². The summed E-state index contributed by atoms with van der Waals surface area (Å²) < 4.78 is 12.6. The number of amides is 1. The summed E-state index contributed by atoms with van der Waals surface area (Å²) in [6.45, 7) is 2.77. The minimum atomic E-state index is -0.402. The van der Waals surface area contributed by atoms with Crippen LogP contribution in [-0.4, -0.2) is 63.3 Å². The van der Waals surface area contributed by atoms with Crippen LogP contribution < -0.4 is 15.8 Å². The van der Waals surface area contributed by atoms with Crippen molar-refractivity contribution in [3.8, 4) is 5.75 Å². The average Bonchev–Trinajstić information content (AvgIpc) is 2.98. The number of anilines is 2. The molecular formula is C19H21N7O3. The second-order valence-electron chi connectivity index (χ2n) is 7.33. The van der Waals surface area contributed by atoms with Gasteiger partial charge < -0.3 is 25.4 Å². The Labute approximate surface area is 166 Å². The zero-order chi connectivity index (χ0) is 20.0. The Balaban J connectivity index is 1.46. The molecule has 10 heteroatoms. The smallest absolute Gasteiger partial charge is 0.263 e. The monoisotopic (exact) mass is 395 g/mol. The van der Waals surface area contributed by atoms with Crippen molar-refractivity contribution in [2.45, 2.75) is 19.1 Å². The van der Waals surface area contributed by atoms with Crippen molar-refractivity contribution in [1.82, 2.24) is 24.5 Å². The van der Waals surface area contributed by atoms with E-state index in [0.29, 0.717) is 30.3 Å². The van der Waals surface area contributed by atoms with E-state index < -0.39 is 5.91 Å². The predicted octanol–water partition coefficient (Wildman–Crippen LogP) is 0.724. The van der Waals surface area contributed by atoms with Crippen molar-refractivity contribution in [2.75, 3.05) is 37.9 Å². The maximum atomic E-state index is 13.1. The quantitative estimate of drug-likeness (QED) is 0.663. The highest BCUT2D eigenvalue weighted by molar-refractivity contribution is 6.12. The van der Waals surface area contributed by atoms with Crippen molar-refractivity contribution >= 4 is 23.1 Å². The molecule has 0 radical (unpaired) electrons. The van der Waals surface area contributed by atoms with Gasteiger partial charge in [0.25, 0.3) is 5.91 Å². The fraction of sp³-hybridized carbons (Fsp3) is 0.368. The van der Waals surface area contributed by atoms with E-state index in [2.05, 4.69) is 27.3 Å². The molecule has 2 aliphatic rings. The normalized spacial score (nSPS) is 17.0. The summed E-state index contributed by atoms with van der Waals surface area (Å²) in [5.74, 6) is 0.259. The molecule has 3 aromatic heterocycles. The highest BCUT2D eigenvalue weighted by Crippen LogP contribution is 2.28. The van der Waals surface area contributed by atoms with Crippen LogP contribution in [0.4, 0.5) is 11.5 Å². The summed E-state index contributed by atoms with van der Waals surface area (Å²) in [5, 5.41) is 7.13. The lowest BCUT2D eigenvalue weighted by atomic mass is 10.1. The topological polar surface area (TPSA) is 120 Å². The number of nitrogens with zero attached hydrogens (tertiary/aromatic N) is 5. The van der Waals surface area contributed by atoms with Crippen LogP contribution in [0.5, 0.6) is 5.75 Å². The molecular weight excluding hydrogens is 374 g/mol. The molecule has 0 aromatic carbocycles. The molecule has 5 heterocycles. The minimum absolute atomic E-state index is 0.0265. The predicted molar refractivity (Wildman–Crippen MR) is 105 cm³/mol. The van der Waals surface area contributed by atoms with Crippen LogP contribution in [0.3, 0.4) is 0 Å². The number of hydrogen-bond acceptors (Lipinski definition) is 8. The maximum Gasteiger partial charge on any atom is 0.263 e. The third-order valence-electron chi connectivity index (χ3n) is 5.13. The van der Waals surface area contributed by atoms with Crippen LogP contribution in [0.15, 0.2) is 24.7 Å². The van der Waals surface area contributed by atoms with Gasteiger partial charge in [-0.3, -0.25) is 9.78 Å². The molecule has 1 saturated heterocycles. The number of ether oxygens (including phenoxy) is 2. The number of nitrogens with one attached hydrogen (secondary N) is 1. The molecule has 0 aliphatic carbocycles. The second kappa shape index (κ2) is 6.98. The lowest BCUT2D eigenvalue weighted by molar-refractivity contribution is -0.0794. The Morgan fingerprint density at radius 2 is 2.28 bits per heavy atom. The molecule has 29 heavy (non-hydrogen) atoms. The number of hydrogen-bond donors (Lipinski definition) is 2. The molecule has 150 valence electrons. The number of likely N-dealkylation sites (N-methyl/N-ethyl adjacent to an activating group) is 1. The van der Waals surface area contributed by atoms with Crippen molar-refractivity contribution in [3.05, 3.63) is 41.5 Å². The number of carbonyl (C=O) groups excluding carboxylic acids is 1. The largest absolute Gasteiger partial charge is 0.483 e. The Kier molecular flexibility index (Phi) is 4.29. The van der Waals surface area contributed by atoms with Crippen molar-refractivity contribution < 1.29 is 14.3 Å². The van der Waals surface area contributed by atoms with Crippen LogP contribution in [0.1, 0.15) is 21.6 Å². The lowest BCUT2D eigenvalue weighted by Gasteiger charge is -2.27. The summed E-state index contributed by atoms with van der Waals surface area (Å²) in [6, 6.07) is 1.71. The summed E-state index contributed by atoms with van der Waals surface area (Å²) in [5.41, 5.74) is 9.29. The Morgan fingerprint density at radius 3 is 3.07 bits per heavy atom. The SMILES string of the molecule is CN1CCc2nc3c(C(=O)Nc4cnccc4OC4COC4)c(N)nn3cc2C1. The average molecular weight is 395 g/mol. The summed E-state index contributed by atoms with van der Waals surface area (Å²) in [6.07, 6.45) is 5.84. The fourth-order valence-electron chi connectivity index (χ4n) is 3.52. The fourth-order valence-corrected chi connectivity index (χ4v) is 3.52. The number of pyridine rings is 1. The van der Waals surface area contributed by atoms with Gasteiger partial charge in [0.15, 0.2) is 11.5 Å². The van der Waals surface area contributed by atoms with Gasteiger partial charge in [0.2, 0.25) is 0 Å². The molecule has 1 fully saturated rings. The molecule has 2 aliphatic heterocycles. The van der Waals surface area contributed by atoms with E-state index in [1.54, 1.807) is 23.0 Å². The summed E-state index contributed by atoms with van der Waals surface area (Å²) >= 11 is 0. The molecule has 0 unspecified atom stereocenters. The molecule has 5 rings (SSSR count). The molecule has 3 N–H and O–H groups in total. The lowest BCUT2D eigenvalue weighted by Crippen LogP contribution is -2.38. The summed E-state index contributed by atoms with van der Waals surface area (Å²) in [7, 11) is 2.06. The van der Waals surface area contributed by atoms with Gasteiger partial charge >= 0.3 is 0 Å². The number of nitrogen functional groups attached to an aromatic ring is 1. The first-order chi connectivity index (χ1) is 14.1. The Morgan fingerprint density at radius 1 is 1.41 bits per heavy atom. The maximum absolute atomic E-state index is 13.1. The zero-order valence-electron chi connectivity index (χ0n) is 16.0. The first-order valence-electron chi connectivity index (χ1n) is 9.43. The molecule has 0 atom stereocenters. The van der Waals surface area contributed by atoms with Gasteiger partial charge in [-0.25, -0.2) is 9.50 Å². The Hall–Kier alpha value is -3.24.